The third kappa shape index (κ3) is 3.03. The summed E-state index contributed by atoms with van der Waals surface area (Å²) in [7, 11) is 0. The maximum Gasteiger partial charge on any atom is 1.00 e. The largest absolute Gasteiger partial charge is 1.00 e. The van der Waals surface area contributed by atoms with Gasteiger partial charge < -0.3 is 14.9 Å². The van der Waals surface area contributed by atoms with E-state index >= 15 is 0 Å². The molecular weight excluding hydrogens is 389 g/mol. The van der Waals surface area contributed by atoms with Crippen LogP contribution in [0.1, 0.15) is 5.69 Å². The number of hydrogen-bond acceptors (Lipinski definition) is 7. The van der Waals surface area contributed by atoms with Crippen LogP contribution in [0.2, 0.25) is 0 Å². The minimum Gasteiger partial charge on any atom is -0.859 e. The summed E-state index contributed by atoms with van der Waals surface area (Å²) in [4.78, 5) is 17.6. The van der Waals surface area contributed by atoms with Crippen LogP contribution in [-0.4, -0.2) is 45.7 Å². The average molecular weight is 405 g/mol. The number of nitrogens with zero attached hydrogens (tertiary/aromatic N) is 5. The van der Waals surface area contributed by atoms with E-state index in [1.807, 2.05) is 29.3 Å². The van der Waals surface area contributed by atoms with Gasteiger partial charge >= 0.3 is 29.6 Å². The first-order valence-corrected chi connectivity index (χ1v) is 9.46. The smallest absolute Gasteiger partial charge is 0.859 e. The van der Waals surface area contributed by atoms with E-state index in [2.05, 4.69) is 10.1 Å². The standard InChI is InChI=1S/C18H17N5O3S.Na/c1-11-16-13(10-15(24)23(11)21-6-8-26-9-7-21)20-22(17(16)25)18-19-12-4-2-3-5-14(12)27-18;/h2-5,10,24H,6-9H2,1H3;/q;+1/p-1. The Hall–Kier alpha value is -1.91. The maximum absolute atomic E-state index is 13.1. The Morgan fingerprint density at radius 3 is 2.71 bits per heavy atom. The quantitative estimate of drug-likeness (QED) is 0.362. The number of morpholine rings is 1. The SMILES string of the molecule is Cc1c2c(=O)n(-c3nc4ccccc4s3)nc-2cc([O-])n1N1CCOCC1.[Na+]. The summed E-state index contributed by atoms with van der Waals surface area (Å²) >= 11 is 1.40. The Balaban J connectivity index is 0.00000192. The van der Waals surface area contributed by atoms with Gasteiger partial charge in [0.15, 0.2) is 0 Å². The van der Waals surface area contributed by atoms with E-state index in [0.717, 1.165) is 10.2 Å². The van der Waals surface area contributed by atoms with Gasteiger partial charge in [-0.1, -0.05) is 23.5 Å². The Morgan fingerprint density at radius 2 is 1.96 bits per heavy atom. The van der Waals surface area contributed by atoms with Crippen molar-refractivity contribution in [2.24, 2.45) is 0 Å². The summed E-state index contributed by atoms with van der Waals surface area (Å²) in [6.45, 7) is 4.10. The van der Waals surface area contributed by atoms with Gasteiger partial charge in [0.25, 0.3) is 5.56 Å². The van der Waals surface area contributed by atoms with E-state index in [4.69, 9.17) is 4.74 Å². The van der Waals surface area contributed by atoms with Crippen LogP contribution in [0, 0.1) is 6.92 Å². The summed E-state index contributed by atoms with van der Waals surface area (Å²) in [6.07, 6.45) is 0. The number of para-hydroxylation sites is 1. The molecule has 0 unspecified atom stereocenters. The fourth-order valence-electron chi connectivity index (χ4n) is 3.49. The van der Waals surface area contributed by atoms with Gasteiger partial charge in [0.05, 0.1) is 53.5 Å². The molecule has 0 bridgehead atoms. The topological polar surface area (TPSA) is 88.2 Å². The molecule has 0 amide bonds. The Labute approximate surface area is 186 Å². The van der Waals surface area contributed by atoms with Gasteiger partial charge in [-0.25, -0.2) is 4.98 Å². The molecule has 0 spiro atoms. The molecule has 138 valence electrons. The number of ether oxygens (including phenoxy) is 1. The van der Waals surface area contributed by atoms with Crippen LogP contribution in [-0.2, 0) is 4.74 Å². The molecule has 10 heteroatoms. The molecule has 1 aromatic heterocycles. The van der Waals surface area contributed by atoms with E-state index in [0.29, 0.717) is 48.4 Å². The second kappa shape index (κ2) is 7.49. The monoisotopic (exact) mass is 405 g/mol. The molecule has 0 N–H and O–H groups in total. The van der Waals surface area contributed by atoms with Crippen LogP contribution >= 0.6 is 11.3 Å². The molecule has 2 aromatic rings. The van der Waals surface area contributed by atoms with Crippen molar-refractivity contribution in [1.82, 2.24) is 19.4 Å². The molecule has 1 aromatic carbocycles. The van der Waals surface area contributed by atoms with Crippen LogP contribution in [0.5, 0.6) is 5.88 Å². The second-order valence-corrected chi connectivity index (χ2v) is 7.40. The van der Waals surface area contributed by atoms with Crippen LogP contribution in [0.3, 0.4) is 0 Å². The first kappa shape index (κ1) is 19.4. The molecule has 5 rings (SSSR count). The van der Waals surface area contributed by atoms with Gasteiger partial charge in [-0.2, -0.15) is 9.78 Å². The summed E-state index contributed by atoms with van der Waals surface area (Å²) in [6, 6.07) is 9.11. The minimum absolute atomic E-state index is 0. The van der Waals surface area contributed by atoms with Gasteiger partial charge in [0, 0.05) is 0 Å². The molecule has 4 heterocycles. The molecule has 8 nitrogen and oxygen atoms in total. The fraction of sp³-hybridized carbons (Fsp3) is 0.278. The molecule has 3 aliphatic heterocycles. The van der Waals surface area contributed by atoms with Gasteiger partial charge in [-0.05, 0) is 31.0 Å². The third-order valence-electron chi connectivity index (χ3n) is 4.75. The molecule has 0 atom stereocenters. The summed E-state index contributed by atoms with van der Waals surface area (Å²) in [5.41, 5.74) is 1.99. The summed E-state index contributed by atoms with van der Waals surface area (Å²) in [5.74, 6) is -0.198. The van der Waals surface area contributed by atoms with E-state index in [1.54, 1.807) is 11.6 Å². The molecule has 3 aliphatic rings. The van der Waals surface area contributed by atoms with E-state index in [-0.39, 0.29) is 41.0 Å². The van der Waals surface area contributed by atoms with Crippen molar-refractivity contribution >= 4 is 21.6 Å². The summed E-state index contributed by atoms with van der Waals surface area (Å²) < 4.78 is 9.21. The van der Waals surface area contributed by atoms with Crippen LogP contribution < -0.4 is 45.2 Å². The van der Waals surface area contributed by atoms with Crippen molar-refractivity contribution in [2.75, 3.05) is 31.3 Å². The van der Waals surface area contributed by atoms with Crippen molar-refractivity contribution in [1.29, 1.82) is 0 Å². The second-order valence-electron chi connectivity index (χ2n) is 6.39. The number of pyridine rings is 1. The Kier molecular flexibility index (Phi) is 5.19. The Morgan fingerprint density at radius 1 is 1.21 bits per heavy atom. The first-order chi connectivity index (χ1) is 13.1. The zero-order valence-electron chi connectivity index (χ0n) is 15.6. The van der Waals surface area contributed by atoms with Gasteiger partial charge in [-0.3, -0.25) is 9.47 Å². The normalized spacial score (nSPS) is 14.5. The van der Waals surface area contributed by atoms with Crippen molar-refractivity contribution in [3.8, 4) is 22.3 Å². The van der Waals surface area contributed by atoms with Gasteiger partial charge in [0.1, 0.15) is 0 Å². The molecule has 0 aliphatic carbocycles. The number of fused-ring (bicyclic) bond motifs is 2. The first-order valence-electron chi connectivity index (χ1n) is 8.65. The predicted octanol–water partition coefficient (Wildman–Crippen LogP) is -1.90. The molecule has 0 radical (unpaired) electrons. The van der Waals surface area contributed by atoms with E-state index in [9.17, 15) is 9.90 Å². The van der Waals surface area contributed by atoms with Crippen molar-refractivity contribution < 1.29 is 39.4 Å². The zero-order chi connectivity index (χ0) is 18.5. The van der Waals surface area contributed by atoms with Crippen molar-refractivity contribution in [3.05, 3.63) is 46.4 Å². The predicted molar refractivity (Wildman–Crippen MR) is 101 cm³/mol. The molecule has 28 heavy (non-hydrogen) atoms. The minimum atomic E-state index is -0.261. The number of thiazole rings is 1. The third-order valence-corrected chi connectivity index (χ3v) is 5.76. The summed E-state index contributed by atoms with van der Waals surface area (Å²) in [5, 5.41) is 19.5. The van der Waals surface area contributed by atoms with Crippen molar-refractivity contribution in [2.45, 2.75) is 6.92 Å². The van der Waals surface area contributed by atoms with Gasteiger partial charge in [0.2, 0.25) is 5.13 Å². The maximum atomic E-state index is 13.1. The van der Waals surface area contributed by atoms with Crippen molar-refractivity contribution in [3.63, 3.8) is 0 Å². The average Bonchev–Trinajstić information content (AvgIpc) is 3.23. The molecular formula is C18H16N5NaO3S. The number of aromatic nitrogens is 4. The molecule has 1 saturated heterocycles. The van der Waals surface area contributed by atoms with Crippen LogP contribution in [0.15, 0.2) is 35.1 Å². The van der Waals surface area contributed by atoms with Gasteiger partial charge in [-0.15, -0.1) is 0 Å². The number of rotatable bonds is 2. The van der Waals surface area contributed by atoms with E-state index in [1.165, 1.54) is 22.1 Å². The van der Waals surface area contributed by atoms with Crippen LogP contribution in [0.25, 0.3) is 26.6 Å². The Bertz CT molecular complexity index is 1140. The van der Waals surface area contributed by atoms with E-state index < -0.39 is 0 Å². The fourth-order valence-corrected chi connectivity index (χ4v) is 4.41. The van der Waals surface area contributed by atoms with Crippen LogP contribution in [0.4, 0.5) is 0 Å². The molecule has 0 saturated carbocycles. The molecule has 1 fully saturated rings. The zero-order valence-corrected chi connectivity index (χ0v) is 18.4. The number of hydrogen-bond donors (Lipinski definition) is 0. The number of benzene rings is 1.